The van der Waals surface area contributed by atoms with Gasteiger partial charge in [0.05, 0.1) is 0 Å². The molecule has 0 radical (unpaired) electrons. The molecular weight excluding hydrogens is 285 g/mol. The molecule has 0 spiro atoms. The van der Waals surface area contributed by atoms with Crippen LogP contribution in [-0.4, -0.2) is 17.5 Å². The lowest BCUT2D eigenvalue weighted by Gasteiger charge is -2.21. The molecule has 1 aromatic rings. The van der Waals surface area contributed by atoms with Crippen molar-refractivity contribution in [2.24, 2.45) is 0 Å². The lowest BCUT2D eigenvalue weighted by Crippen LogP contribution is -2.29. The first-order valence-corrected chi connectivity index (χ1v) is 8.38. The zero-order chi connectivity index (χ0) is 13.1. The summed E-state index contributed by atoms with van der Waals surface area (Å²) in [5, 5.41) is 6.02. The Kier molecular flexibility index (Phi) is 5.25. The van der Waals surface area contributed by atoms with Crippen molar-refractivity contribution in [2.75, 3.05) is 6.26 Å². The SMILES string of the molecule is CSC1CCC(NC(C)c2cc(Cl)ccc2Cl)C1. The van der Waals surface area contributed by atoms with E-state index in [-0.39, 0.29) is 6.04 Å². The van der Waals surface area contributed by atoms with Crippen LogP contribution in [0.3, 0.4) is 0 Å². The van der Waals surface area contributed by atoms with Crippen molar-refractivity contribution >= 4 is 35.0 Å². The molecule has 0 heterocycles. The number of halogens is 2. The Balaban J connectivity index is 1.99. The molecule has 0 bridgehead atoms. The van der Waals surface area contributed by atoms with Gasteiger partial charge in [0.15, 0.2) is 0 Å². The minimum atomic E-state index is 0.252. The molecule has 1 fully saturated rings. The molecule has 2 rings (SSSR count). The van der Waals surface area contributed by atoms with Crippen molar-refractivity contribution in [2.45, 2.75) is 43.5 Å². The Morgan fingerprint density at radius 3 is 2.78 bits per heavy atom. The lowest BCUT2D eigenvalue weighted by atomic mass is 10.1. The summed E-state index contributed by atoms with van der Waals surface area (Å²) in [4.78, 5) is 0. The highest BCUT2D eigenvalue weighted by Crippen LogP contribution is 2.31. The van der Waals surface area contributed by atoms with Crippen molar-refractivity contribution in [1.82, 2.24) is 5.32 Å². The molecular formula is C14H19Cl2NS. The molecule has 1 nitrogen and oxygen atoms in total. The molecule has 0 saturated heterocycles. The highest BCUT2D eigenvalue weighted by atomic mass is 35.5. The third-order valence-electron chi connectivity index (χ3n) is 3.63. The van der Waals surface area contributed by atoms with Gasteiger partial charge in [0.2, 0.25) is 0 Å². The Labute approximate surface area is 124 Å². The third kappa shape index (κ3) is 3.57. The summed E-state index contributed by atoms with van der Waals surface area (Å²) in [6, 6.07) is 6.52. The number of thioether (sulfide) groups is 1. The molecule has 1 aliphatic rings. The highest BCUT2D eigenvalue weighted by Gasteiger charge is 2.25. The molecule has 4 heteroatoms. The maximum Gasteiger partial charge on any atom is 0.0454 e. The van der Waals surface area contributed by atoms with E-state index in [1.165, 1.54) is 19.3 Å². The summed E-state index contributed by atoms with van der Waals surface area (Å²) in [5.74, 6) is 0. The van der Waals surface area contributed by atoms with E-state index >= 15 is 0 Å². The second-order valence-electron chi connectivity index (χ2n) is 4.92. The summed E-state index contributed by atoms with van der Waals surface area (Å²) >= 11 is 14.2. The first-order chi connectivity index (χ1) is 8.60. The maximum absolute atomic E-state index is 6.23. The molecule has 1 N–H and O–H groups in total. The zero-order valence-electron chi connectivity index (χ0n) is 10.7. The van der Waals surface area contributed by atoms with Gasteiger partial charge in [0, 0.05) is 27.4 Å². The standard InChI is InChI=1S/C14H19Cl2NS/c1-9(13-7-10(15)3-6-14(13)16)17-11-4-5-12(8-11)18-2/h3,6-7,9,11-12,17H,4-5,8H2,1-2H3. The topological polar surface area (TPSA) is 12.0 Å². The largest absolute Gasteiger partial charge is 0.307 e. The van der Waals surface area contributed by atoms with Gasteiger partial charge in [-0.3, -0.25) is 0 Å². The van der Waals surface area contributed by atoms with Crippen molar-refractivity contribution in [3.63, 3.8) is 0 Å². The van der Waals surface area contributed by atoms with E-state index in [4.69, 9.17) is 23.2 Å². The van der Waals surface area contributed by atoms with Crippen LogP contribution in [0, 0.1) is 0 Å². The number of benzene rings is 1. The Morgan fingerprint density at radius 1 is 1.33 bits per heavy atom. The minimum absolute atomic E-state index is 0.252. The van der Waals surface area contributed by atoms with Gasteiger partial charge in [-0.05, 0) is 56.2 Å². The normalized spacial score (nSPS) is 25.3. The van der Waals surface area contributed by atoms with Gasteiger partial charge in [-0.2, -0.15) is 11.8 Å². The minimum Gasteiger partial charge on any atom is -0.307 e. The fraction of sp³-hybridized carbons (Fsp3) is 0.571. The average molecular weight is 304 g/mol. The van der Waals surface area contributed by atoms with Crippen LogP contribution in [-0.2, 0) is 0 Å². The molecule has 1 aliphatic carbocycles. The Hall–Kier alpha value is 0.110. The molecule has 18 heavy (non-hydrogen) atoms. The van der Waals surface area contributed by atoms with Crippen LogP contribution in [0.2, 0.25) is 10.0 Å². The summed E-state index contributed by atoms with van der Waals surface area (Å²) in [7, 11) is 0. The molecule has 0 amide bonds. The fourth-order valence-corrected chi connectivity index (χ4v) is 3.85. The van der Waals surface area contributed by atoms with Crippen LogP contribution in [0.15, 0.2) is 18.2 Å². The first-order valence-electron chi connectivity index (χ1n) is 6.34. The molecule has 3 unspecified atom stereocenters. The quantitative estimate of drug-likeness (QED) is 0.846. The molecule has 1 saturated carbocycles. The lowest BCUT2D eigenvalue weighted by molar-refractivity contribution is 0.462. The van der Waals surface area contributed by atoms with Crippen molar-refractivity contribution in [3.05, 3.63) is 33.8 Å². The predicted octanol–water partition coefficient (Wildman–Crippen LogP) is 4.93. The third-order valence-corrected chi connectivity index (χ3v) is 5.30. The molecule has 3 atom stereocenters. The van der Waals surface area contributed by atoms with E-state index in [1.54, 1.807) is 0 Å². The Morgan fingerprint density at radius 2 is 2.11 bits per heavy atom. The maximum atomic E-state index is 6.23. The summed E-state index contributed by atoms with van der Waals surface area (Å²) in [5.41, 5.74) is 1.09. The highest BCUT2D eigenvalue weighted by molar-refractivity contribution is 7.99. The average Bonchev–Trinajstić information content (AvgIpc) is 2.80. The van der Waals surface area contributed by atoms with Crippen molar-refractivity contribution in [3.8, 4) is 0 Å². The molecule has 100 valence electrons. The molecule has 0 aliphatic heterocycles. The van der Waals surface area contributed by atoms with Crippen LogP contribution in [0.5, 0.6) is 0 Å². The number of hydrogen-bond acceptors (Lipinski definition) is 2. The van der Waals surface area contributed by atoms with Gasteiger partial charge < -0.3 is 5.32 Å². The fourth-order valence-electron chi connectivity index (χ4n) is 2.60. The number of rotatable bonds is 4. The van der Waals surface area contributed by atoms with Crippen LogP contribution in [0.1, 0.15) is 37.8 Å². The zero-order valence-corrected chi connectivity index (χ0v) is 13.1. The van der Waals surface area contributed by atoms with Gasteiger partial charge in [0.25, 0.3) is 0 Å². The summed E-state index contributed by atoms with van der Waals surface area (Å²) < 4.78 is 0. The van der Waals surface area contributed by atoms with Gasteiger partial charge in [-0.1, -0.05) is 23.2 Å². The van der Waals surface area contributed by atoms with E-state index in [9.17, 15) is 0 Å². The van der Waals surface area contributed by atoms with E-state index in [0.717, 1.165) is 20.9 Å². The van der Waals surface area contributed by atoms with Gasteiger partial charge >= 0.3 is 0 Å². The Bertz CT molecular complexity index is 411. The predicted molar refractivity (Wildman–Crippen MR) is 83.0 cm³/mol. The molecule has 1 aromatic carbocycles. The molecule has 0 aromatic heterocycles. The monoisotopic (exact) mass is 303 g/mol. The van der Waals surface area contributed by atoms with Crippen LogP contribution in [0.25, 0.3) is 0 Å². The van der Waals surface area contributed by atoms with Gasteiger partial charge in [-0.25, -0.2) is 0 Å². The summed E-state index contributed by atoms with van der Waals surface area (Å²) in [6.45, 7) is 2.16. The second-order valence-corrected chi connectivity index (χ2v) is 6.90. The summed E-state index contributed by atoms with van der Waals surface area (Å²) in [6.07, 6.45) is 6.02. The number of nitrogens with one attached hydrogen (secondary N) is 1. The van der Waals surface area contributed by atoms with Gasteiger partial charge in [0.1, 0.15) is 0 Å². The first kappa shape index (κ1) is 14.5. The van der Waals surface area contributed by atoms with Crippen molar-refractivity contribution in [1.29, 1.82) is 0 Å². The van der Waals surface area contributed by atoms with Crippen LogP contribution >= 0.6 is 35.0 Å². The smallest absolute Gasteiger partial charge is 0.0454 e. The van der Waals surface area contributed by atoms with E-state index in [1.807, 2.05) is 30.0 Å². The second kappa shape index (κ2) is 6.51. The van der Waals surface area contributed by atoms with Crippen LogP contribution in [0.4, 0.5) is 0 Å². The number of hydrogen-bond donors (Lipinski definition) is 1. The van der Waals surface area contributed by atoms with E-state index < -0.39 is 0 Å². The van der Waals surface area contributed by atoms with E-state index in [0.29, 0.717) is 6.04 Å². The van der Waals surface area contributed by atoms with Gasteiger partial charge in [-0.15, -0.1) is 0 Å². The van der Waals surface area contributed by atoms with E-state index in [2.05, 4.69) is 18.5 Å². The van der Waals surface area contributed by atoms with Crippen LogP contribution < -0.4 is 5.32 Å². The van der Waals surface area contributed by atoms with Crippen molar-refractivity contribution < 1.29 is 0 Å².